The summed E-state index contributed by atoms with van der Waals surface area (Å²) >= 11 is 0. The quantitative estimate of drug-likeness (QED) is 0.625. The van der Waals surface area contributed by atoms with Crippen LogP contribution in [0.2, 0.25) is 0 Å². The molecule has 2 heterocycles. The number of nitrogens with zero attached hydrogens (tertiary/aromatic N) is 3. The molecule has 0 saturated carbocycles. The minimum absolute atomic E-state index is 0.107. The molecule has 0 bridgehead atoms. The summed E-state index contributed by atoms with van der Waals surface area (Å²) in [4.78, 5) is 32.4. The molecule has 2 aromatic rings. The van der Waals surface area contributed by atoms with Crippen molar-refractivity contribution in [3.63, 3.8) is 0 Å². The Morgan fingerprint density at radius 2 is 1.74 bits per heavy atom. The second kappa shape index (κ2) is 8.88. The van der Waals surface area contributed by atoms with Crippen molar-refractivity contribution in [3.05, 3.63) is 54.5 Å². The second-order valence-corrected chi connectivity index (χ2v) is 6.07. The third-order valence-corrected chi connectivity index (χ3v) is 4.27. The van der Waals surface area contributed by atoms with Gasteiger partial charge in [0.2, 0.25) is 5.91 Å². The molecule has 1 aliphatic rings. The molecule has 0 aliphatic carbocycles. The van der Waals surface area contributed by atoms with Crippen LogP contribution in [0.5, 0.6) is 0 Å². The number of guanidine groups is 1. The van der Waals surface area contributed by atoms with Gasteiger partial charge >= 0.3 is 0 Å². The van der Waals surface area contributed by atoms with E-state index in [4.69, 9.17) is 4.42 Å². The fraction of sp³-hybridized carbons (Fsp3) is 0.316. The molecule has 1 aromatic heterocycles. The topological polar surface area (TPSA) is 90.2 Å². The van der Waals surface area contributed by atoms with Gasteiger partial charge in [0.15, 0.2) is 11.7 Å². The highest BCUT2D eigenvalue weighted by Gasteiger charge is 2.25. The lowest BCUT2D eigenvalue weighted by Crippen LogP contribution is -2.54. The van der Waals surface area contributed by atoms with Crippen molar-refractivity contribution >= 4 is 23.5 Å². The second-order valence-electron chi connectivity index (χ2n) is 6.07. The molecule has 142 valence electrons. The average molecular weight is 369 g/mol. The number of aliphatic imine (C=N–C) groups is 1. The van der Waals surface area contributed by atoms with Crippen LogP contribution in [0.4, 0.5) is 5.69 Å². The number of hydrogen-bond donors (Lipinski definition) is 2. The highest BCUT2D eigenvalue weighted by Crippen LogP contribution is 2.09. The van der Waals surface area contributed by atoms with Crippen LogP contribution in [0.1, 0.15) is 10.6 Å². The summed E-state index contributed by atoms with van der Waals surface area (Å²) in [5.74, 6) is 0.741. The van der Waals surface area contributed by atoms with Gasteiger partial charge < -0.3 is 24.9 Å². The summed E-state index contributed by atoms with van der Waals surface area (Å²) in [6.07, 6.45) is 1.50. The Kier molecular flexibility index (Phi) is 6.09. The lowest BCUT2D eigenvalue weighted by Gasteiger charge is -2.36. The molecule has 1 saturated heterocycles. The fourth-order valence-corrected chi connectivity index (χ4v) is 2.90. The van der Waals surface area contributed by atoms with Gasteiger partial charge in [-0.2, -0.15) is 0 Å². The smallest absolute Gasteiger partial charge is 0.289 e. The number of piperazine rings is 1. The number of para-hydroxylation sites is 1. The Morgan fingerprint density at radius 3 is 2.37 bits per heavy atom. The van der Waals surface area contributed by atoms with Crippen LogP contribution in [0, 0.1) is 0 Å². The van der Waals surface area contributed by atoms with Crippen molar-refractivity contribution in [3.8, 4) is 0 Å². The average Bonchev–Trinajstić information content (AvgIpc) is 3.24. The molecule has 0 atom stereocenters. The normalized spacial score (nSPS) is 14.8. The van der Waals surface area contributed by atoms with Gasteiger partial charge in [0.05, 0.1) is 12.8 Å². The SMILES string of the molecule is CN=C(NCC(=O)Nc1ccccc1)N1CCN(C(=O)c2ccco2)CC1. The van der Waals surface area contributed by atoms with E-state index in [2.05, 4.69) is 15.6 Å². The molecule has 3 rings (SSSR count). The Morgan fingerprint density at radius 1 is 1.04 bits per heavy atom. The van der Waals surface area contributed by atoms with Gasteiger partial charge in [0.25, 0.3) is 5.91 Å². The Bertz CT molecular complexity index is 781. The van der Waals surface area contributed by atoms with Crippen LogP contribution < -0.4 is 10.6 Å². The lowest BCUT2D eigenvalue weighted by atomic mass is 10.3. The van der Waals surface area contributed by atoms with Crippen LogP contribution in [0.25, 0.3) is 0 Å². The van der Waals surface area contributed by atoms with Crippen LogP contribution in [-0.4, -0.2) is 67.3 Å². The standard InChI is InChI=1S/C19H23N5O3/c1-20-19(21-14-17(25)22-15-6-3-2-4-7-15)24-11-9-23(10-12-24)18(26)16-8-5-13-27-16/h2-8,13H,9-12,14H2,1H3,(H,20,21)(H,22,25). The maximum atomic E-state index is 12.3. The van der Waals surface area contributed by atoms with Gasteiger partial charge in [-0.1, -0.05) is 18.2 Å². The predicted molar refractivity (Wildman–Crippen MR) is 103 cm³/mol. The van der Waals surface area contributed by atoms with E-state index < -0.39 is 0 Å². The lowest BCUT2D eigenvalue weighted by molar-refractivity contribution is -0.115. The molecule has 2 amide bonds. The zero-order chi connectivity index (χ0) is 19.1. The highest BCUT2D eigenvalue weighted by molar-refractivity contribution is 5.95. The number of furan rings is 1. The molecular formula is C19H23N5O3. The third-order valence-electron chi connectivity index (χ3n) is 4.27. The van der Waals surface area contributed by atoms with E-state index in [0.29, 0.717) is 37.9 Å². The van der Waals surface area contributed by atoms with Crippen molar-refractivity contribution in [2.75, 3.05) is 45.1 Å². The zero-order valence-electron chi connectivity index (χ0n) is 15.2. The Balaban J connectivity index is 1.46. The number of nitrogens with one attached hydrogen (secondary N) is 2. The number of amides is 2. The van der Waals surface area contributed by atoms with E-state index in [1.54, 1.807) is 24.1 Å². The summed E-state index contributed by atoms with van der Waals surface area (Å²) < 4.78 is 5.17. The molecule has 1 aromatic carbocycles. The molecule has 0 radical (unpaired) electrons. The van der Waals surface area contributed by atoms with Gasteiger partial charge in [-0.05, 0) is 24.3 Å². The summed E-state index contributed by atoms with van der Waals surface area (Å²) in [6, 6.07) is 12.7. The summed E-state index contributed by atoms with van der Waals surface area (Å²) in [5.41, 5.74) is 0.754. The first-order chi connectivity index (χ1) is 13.2. The maximum absolute atomic E-state index is 12.3. The summed E-state index contributed by atoms with van der Waals surface area (Å²) in [5, 5.41) is 5.90. The Labute approximate surface area is 157 Å². The van der Waals surface area contributed by atoms with E-state index in [1.807, 2.05) is 35.2 Å². The number of anilines is 1. The fourth-order valence-electron chi connectivity index (χ4n) is 2.90. The Hall–Kier alpha value is -3.29. The van der Waals surface area contributed by atoms with Crippen molar-refractivity contribution in [2.24, 2.45) is 4.99 Å². The van der Waals surface area contributed by atoms with Gasteiger partial charge in [-0.25, -0.2) is 0 Å². The number of benzene rings is 1. The van der Waals surface area contributed by atoms with E-state index in [-0.39, 0.29) is 18.4 Å². The van der Waals surface area contributed by atoms with Crippen LogP contribution in [-0.2, 0) is 4.79 Å². The minimum atomic E-state index is -0.144. The van der Waals surface area contributed by atoms with Crippen molar-refractivity contribution < 1.29 is 14.0 Å². The van der Waals surface area contributed by atoms with E-state index in [0.717, 1.165) is 5.69 Å². The summed E-state index contributed by atoms with van der Waals surface area (Å²) in [7, 11) is 1.68. The first kappa shape index (κ1) is 18.5. The molecule has 8 heteroatoms. The molecule has 1 fully saturated rings. The largest absolute Gasteiger partial charge is 0.459 e. The van der Waals surface area contributed by atoms with E-state index >= 15 is 0 Å². The van der Waals surface area contributed by atoms with Crippen molar-refractivity contribution in [2.45, 2.75) is 0 Å². The van der Waals surface area contributed by atoms with Crippen molar-refractivity contribution in [1.82, 2.24) is 15.1 Å². The van der Waals surface area contributed by atoms with Gasteiger partial charge in [-0.3, -0.25) is 14.6 Å². The molecule has 0 spiro atoms. The zero-order valence-corrected chi connectivity index (χ0v) is 15.2. The first-order valence-electron chi connectivity index (χ1n) is 8.80. The number of hydrogen-bond acceptors (Lipinski definition) is 4. The van der Waals surface area contributed by atoms with Crippen LogP contribution in [0.3, 0.4) is 0 Å². The van der Waals surface area contributed by atoms with Crippen LogP contribution >= 0.6 is 0 Å². The van der Waals surface area contributed by atoms with Gasteiger partial charge in [0, 0.05) is 38.9 Å². The molecule has 27 heavy (non-hydrogen) atoms. The number of rotatable bonds is 4. The maximum Gasteiger partial charge on any atom is 0.289 e. The summed E-state index contributed by atoms with van der Waals surface area (Å²) in [6.45, 7) is 2.51. The van der Waals surface area contributed by atoms with Crippen LogP contribution in [0.15, 0.2) is 58.1 Å². The molecule has 8 nitrogen and oxygen atoms in total. The third kappa shape index (κ3) is 4.87. The van der Waals surface area contributed by atoms with Gasteiger partial charge in [-0.15, -0.1) is 0 Å². The number of carbonyl (C=O) groups is 2. The molecular weight excluding hydrogens is 346 g/mol. The molecule has 2 N–H and O–H groups in total. The first-order valence-corrected chi connectivity index (χ1v) is 8.80. The van der Waals surface area contributed by atoms with E-state index in [1.165, 1.54) is 6.26 Å². The predicted octanol–water partition coefficient (Wildman–Crippen LogP) is 1.25. The monoisotopic (exact) mass is 369 g/mol. The molecule has 1 aliphatic heterocycles. The molecule has 0 unspecified atom stereocenters. The van der Waals surface area contributed by atoms with Gasteiger partial charge in [0.1, 0.15) is 0 Å². The number of carbonyl (C=O) groups excluding carboxylic acids is 2. The highest BCUT2D eigenvalue weighted by atomic mass is 16.3. The minimum Gasteiger partial charge on any atom is -0.459 e. The van der Waals surface area contributed by atoms with E-state index in [9.17, 15) is 9.59 Å². The van der Waals surface area contributed by atoms with Crippen molar-refractivity contribution in [1.29, 1.82) is 0 Å².